The van der Waals surface area contributed by atoms with Crippen LogP contribution in [0.5, 0.6) is 0 Å². The number of aryl methyl sites for hydroxylation is 2. The molecule has 2 aromatic rings. The van der Waals surface area contributed by atoms with Gasteiger partial charge in [0.15, 0.2) is 7.14 Å². The van der Waals surface area contributed by atoms with Crippen molar-refractivity contribution in [2.45, 2.75) is 129 Å². The molecule has 0 aliphatic heterocycles. The van der Waals surface area contributed by atoms with E-state index in [-0.39, 0.29) is 21.2 Å². The largest absolute Gasteiger partial charge is 0.358 e. The predicted molar refractivity (Wildman–Crippen MR) is 143 cm³/mol. The standard InChI is InChI=1S/C32H50I/c1-3-5-7-9-11-13-15-17-23-29-25-19-21-27-31(29)33-32-28-22-20-26-30(32)24-18-16-14-12-10-8-6-4-2/h19-22,25-28H,3-18,23-24H2,1-2H3/q+1. The van der Waals surface area contributed by atoms with E-state index in [9.17, 15) is 0 Å². The highest BCUT2D eigenvalue weighted by Crippen LogP contribution is 2.13. The van der Waals surface area contributed by atoms with E-state index >= 15 is 0 Å². The number of hydrogen-bond donors (Lipinski definition) is 0. The Labute approximate surface area is 216 Å². The fourth-order valence-electron chi connectivity index (χ4n) is 4.59. The van der Waals surface area contributed by atoms with Crippen LogP contribution in [0.1, 0.15) is 128 Å². The second-order valence-electron chi connectivity index (χ2n) is 9.73. The maximum Gasteiger partial charge on any atom is 0.358 e. The monoisotopic (exact) mass is 561 g/mol. The minimum absolute atomic E-state index is 0.0878. The van der Waals surface area contributed by atoms with Crippen LogP contribution in [0.4, 0.5) is 0 Å². The minimum Gasteiger partial charge on any atom is -0.0654 e. The predicted octanol–water partition coefficient (Wildman–Crippen LogP) is 7.18. The molecule has 0 nitrogen and oxygen atoms in total. The molecule has 0 aliphatic carbocycles. The lowest BCUT2D eigenvalue weighted by atomic mass is 10.0. The summed E-state index contributed by atoms with van der Waals surface area (Å²) in [7, 11) is 0. The lowest BCUT2D eigenvalue weighted by Crippen LogP contribution is -3.62. The van der Waals surface area contributed by atoms with Gasteiger partial charge < -0.3 is 0 Å². The first kappa shape index (κ1) is 28.4. The fraction of sp³-hybridized carbons (Fsp3) is 0.625. The summed E-state index contributed by atoms with van der Waals surface area (Å²) in [6, 6.07) is 18.6. The highest BCUT2D eigenvalue weighted by atomic mass is 127. The van der Waals surface area contributed by atoms with Crippen LogP contribution in [0.3, 0.4) is 0 Å². The fourth-order valence-corrected chi connectivity index (χ4v) is 7.59. The van der Waals surface area contributed by atoms with Crippen LogP contribution < -0.4 is 21.2 Å². The van der Waals surface area contributed by atoms with Gasteiger partial charge in [-0.3, -0.25) is 0 Å². The normalized spacial score (nSPS) is 11.2. The summed E-state index contributed by atoms with van der Waals surface area (Å²) in [6.07, 6.45) is 25.0. The summed E-state index contributed by atoms with van der Waals surface area (Å²) in [5.74, 6) is 0. The highest BCUT2D eigenvalue weighted by Gasteiger charge is 2.22. The molecule has 1 heteroatoms. The number of rotatable bonds is 20. The third-order valence-corrected chi connectivity index (χ3v) is 9.99. The molecule has 184 valence electrons. The van der Waals surface area contributed by atoms with Crippen molar-refractivity contribution in [2.24, 2.45) is 0 Å². The van der Waals surface area contributed by atoms with Crippen molar-refractivity contribution >= 4 is 0 Å². The van der Waals surface area contributed by atoms with Gasteiger partial charge in [0.05, 0.1) is 0 Å². The molecule has 33 heavy (non-hydrogen) atoms. The minimum atomic E-state index is -0.0878. The van der Waals surface area contributed by atoms with E-state index in [0.717, 1.165) is 0 Å². The van der Waals surface area contributed by atoms with E-state index < -0.39 is 0 Å². The Morgan fingerprint density at radius 1 is 0.424 bits per heavy atom. The second kappa shape index (κ2) is 19.5. The summed E-state index contributed by atoms with van der Waals surface area (Å²) in [6.45, 7) is 4.60. The Kier molecular flexibility index (Phi) is 16.8. The van der Waals surface area contributed by atoms with Crippen molar-refractivity contribution in [1.82, 2.24) is 0 Å². The zero-order valence-electron chi connectivity index (χ0n) is 21.7. The number of benzene rings is 2. The van der Waals surface area contributed by atoms with Crippen molar-refractivity contribution in [3.8, 4) is 0 Å². The molecule has 0 amide bonds. The number of unbranched alkanes of at least 4 members (excludes halogenated alkanes) is 14. The molecule has 0 spiro atoms. The maximum atomic E-state index is 2.42. The number of halogens is 1. The van der Waals surface area contributed by atoms with Gasteiger partial charge >= 0.3 is 21.2 Å². The third kappa shape index (κ3) is 13.0. The van der Waals surface area contributed by atoms with Gasteiger partial charge in [0.1, 0.15) is 0 Å². The van der Waals surface area contributed by atoms with E-state index in [1.165, 1.54) is 116 Å². The molecule has 0 unspecified atom stereocenters. The van der Waals surface area contributed by atoms with E-state index in [0.29, 0.717) is 0 Å². The summed E-state index contributed by atoms with van der Waals surface area (Å²) in [4.78, 5) is 0. The first-order valence-corrected chi connectivity index (χ1v) is 16.3. The van der Waals surface area contributed by atoms with Gasteiger partial charge in [-0.2, -0.15) is 0 Å². The van der Waals surface area contributed by atoms with Gasteiger partial charge in [0.2, 0.25) is 0 Å². The molecule has 2 rings (SSSR count). The topological polar surface area (TPSA) is 0 Å². The highest BCUT2D eigenvalue weighted by molar-refractivity contribution is 5.17. The van der Waals surface area contributed by atoms with Crippen LogP contribution in [0.15, 0.2) is 48.5 Å². The molecule has 0 N–H and O–H groups in total. The molecular weight excluding hydrogens is 511 g/mol. The third-order valence-electron chi connectivity index (χ3n) is 6.72. The molecule has 0 atom stereocenters. The Bertz CT molecular complexity index is 658. The molecular formula is C32H50I+. The average molecular weight is 562 g/mol. The maximum absolute atomic E-state index is 2.42. The van der Waals surface area contributed by atoms with Gasteiger partial charge in [0.25, 0.3) is 0 Å². The van der Waals surface area contributed by atoms with Crippen molar-refractivity contribution in [2.75, 3.05) is 0 Å². The van der Waals surface area contributed by atoms with Gasteiger partial charge in [0, 0.05) is 11.1 Å². The Hall–Kier alpha value is -0.830. The molecule has 0 aliphatic rings. The summed E-state index contributed by atoms with van der Waals surface area (Å²) >= 11 is -0.0878. The molecule has 0 fully saturated rings. The Balaban J connectivity index is 1.76. The van der Waals surface area contributed by atoms with Crippen LogP contribution >= 0.6 is 0 Å². The van der Waals surface area contributed by atoms with E-state index in [4.69, 9.17) is 0 Å². The Morgan fingerprint density at radius 3 is 1.15 bits per heavy atom. The summed E-state index contributed by atoms with van der Waals surface area (Å²) < 4.78 is 3.31. The van der Waals surface area contributed by atoms with Crippen molar-refractivity contribution in [1.29, 1.82) is 0 Å². The van der Waals surface area contributed by atoms with Crippen LogP contribution in [0.2, 0.25) is 0 Å². The van der Waals surface area contributed by atoms with Gasteiger partial charge in [-0.15, -0.1) is 0 Å². The summed E-state index contributed by atoms with van der Waals surface area (Å²) in [5, 5.41) is 0. The second-order valence-corrected chi connectivity index (χ2v) is 12.6. The SMILES string of the molecule is CCCCCCCCCCc1ccccc1[I+]c1ccccc1CCCCCCCCCC. The molecule has 0 saturated heterocycles. The molecule has 0 heterocycles. The molecule has 2 aromatic carbocycles. The quantitative estimate of drug-likeness (QED) is 0.119. The molecule has 0 radical (unpaired) electrons. The zero-order chi connectivity index (χ0) is 23.4. The first-order valence-electron chi connectivity index (χ1n) is 14.2. The molecule has 0 aromatic heterocycles. The lowest BCUT2D eigenvalue weighted by molar-refractivity contribution is -0.599. The van der Waals surface area contributed by atoms with E-state index in [2.05, 4.69) is 62.4 Å². The van der Waals surface area contributed by atoms with Crippen molar-refractivity contribution < 1.29 is 21.2 Å². The first-order chi connectivity index (χ1) is 16.3. The van der Waals surface area contributed by atoms with Crippen LogP contribution in [-0.4, -0.2) is 0 Å². The van der Waals surface area contributed by atoms with Crippen molar-refractivity contribution in [3.05, 3.63) is 66.8 Å². The zero-order valence-corrected chi connectivity index (χ0v) is 23.9. The van der Waals surface area contributed by atoms with Crippen LogP contribution in [0, 0.1) is 7.14 Å². The smallest absolute Gasteiger partial charge is 0.0654 e. The van der Waals surface area contributed by atoms with Crippen LogP contribution in [0.25, 0.3) is 0 Å². The summed E-state index contributed by atoms with van der Waals surface area (Å²) in [5.41, 5.74) is 3.25. The van der Waals surface area contributed by atoms with E-state index in [1.807, 2.05) is 0 Å². The Morgan fingerprint density at radius 2 is 0.758 bits per heavy atom. The average Bonchev–Trinajstić information content (AvgIpc) is 2.84. The molecule has 0 bridgehead atoms. The van der Waals surface area contributed by atoms with E-state index in [1.54, 1.807) is 18.3 Å². The lowest BCUT2D eigenvalue weighted by Gasteiger charge is -2.05. The van der Waals surface area contributed by atoms with Crippen molar-refractivity contribution in [3.63, 3.8) is 0 Å². The van der Waals surface area contributed by atoms with Gasteiger partial charge in [-0.1, -0.05) is 140 Å². The number of hydrogen-bond acceptors (Lipinski definition) is 0. The molecule has 0 saturated carbocycles. The van der Waals surface area contributed by atoms with Gasteiger partial charge in [-0.05, 0) is 37.8 Å². The van der Waals surface area contributed by atoms with Crippen LogP contribution in [-0.2, 0) is 12.8 Å². The van der Waals surface area contributed by atoms with Gasteiger partial charge in [-0.25, -0.2) is 0 Å².